The van der Waals surface area contributed by atoms with Crippen LogP contribution in [0, 0.1) is 13.8 Å². The van der Waals surface area contributed by atoms with Gasteiger partial charge in [-0.3, -0.25) is 9.59 Å². The maximum atomic E-state index is 12.3. The van der Waals surface area contributed by atoms with Crippen molar-refractivity contribution < 1.29 is 19.1 Å². The predicted molar refractivity (Wildman–Crippen MR) is 102 cm³/mol. The summed E-state index contributed by atoms with van der Waals surface area (Å²) in [5.74, 6) is -2.34. The third kappa shape index (κ3) is 4.25. The first-order chi connectivity index (χ1) is 12.4. The fourth-order valence-corrected chi connectivity index (χ4v) is 3.15. The Kier molecular flexibility index (Phi) is 6.81. The molecular formula is C21H23ClO4. The lowest BCUT2D eigenvalue weighted by Gasteiger charge is -2.17. The molecule has 26 heavy (non-hydrogen) atoms. The molecule has 0 aliphatic rings. The third-order valence-corrected chi connectivity index (χ3v) is 4.58. The molecule has 2 aromatic carbocycles. The number of rotatable bonds is 6. The molecule has 0 fully saturated rings. The number of carbonyl (C=O) groups excluding carboxylic acids is 2. The van der Waals surface area contributed by atoms with E-state index in [9.17, 15) is 9.59 Å². The fraction of sp³-hybridized carbons (Fsp3) is 0.333. The fourth-order valence-electron chi connectivity index (χ4n) is 2.82. The van der Waals surface area contributed by atoms with Gasteiger partial charge in [-0.2, -0.15) is 0 Å². The maximum absolute atomic E-state index is 12.3. The molecule has 4 nitrogen and oxygen atoms in total. The minimum atomic E-state index is -1.11. The van der Waals surface area contributed by atoms with E-state index in [4.69, 9.17) is 21.1 Å². The molecule has 138 valence electrons. The average molecular weight is 375 g/mol. The van der Waals surface area contributed by atoms with Crippen LogP contribution in [-0.4, -0.2) is 25.2 Å². The first-order valence-electron chi connectivity index (χ1n) is 8.60. The number of carbonyl (C=O) groups is 2. The number of aryl methyl sites for hydroxylation is 2. The van der Waals surface area contributed by atoms with E-state index in [0.29, 0.717) is 10.6 Å². The topological polar surface area (TPSA) is 52.6 Å². The van der Waals surface area contributed by atoms with E-state index in [1.165, 1.54) is 0 Å². The molecule has 0 aromatic heterocycles. The molecule has 0 aliphatic carbocycles. The van der Waals surface area contributed by atoms with Crippen molar-refractivity contribution in [3.63, 3.8) is 0 Å². The smallest absolute Gasteiger partial charge is 0.324 e. The van der Waals surface area contributed by atoms with Crippen molar-refractivity contribution in [1.82, 2.24) is 0 Å². The Morgan fingerprint density at radius 2 is 1.54 bits per heavy atom. The van der Waals surface area contributed by atoms with Crippen LogP contribution >= 0.6 is 11.6 Å². The molecule has 0 unspecified atom stereocenters. The van der Waals surface area contributed by atoms with E-state index in [1.807, 2.05) is 32.0 Å². The van der Waals surface area contributed by atoms with Crippen molar-refractivity contribution >= 4 is 23.5 Å². The number of ether oxygens (including phenoxy) is 2. The summed E-state index contributed by atoms with van der Waals surface area (Å²) in [6, 6.07) is 11.2. The van der Waals surface area contributed by atoms with Gasteiger partial charge >= 0.3 is 11.9 Å². The van der Waals surface area contributed by atoms with Crippen LogP contribution in [-0.2, 0) is 19.1 Å². The van der Waals surface area contributed by atoms with Gasteiger partial charge in [0.25, 0.3) is 0 Å². The molecule has 0 saturated heterocycles. The summed E-state index contributed by atoms with van der Waals surface area (Å²) in [5.41, 5.74) is 4.23. The molecule has 0 saturated carbocycles. The van der Waals surface area contributed by atoms with E-state index in [-0.39, 0.29) is 13.2 Å². The standard InChI is InChI=1S/C21H23ClO4/c1-5-25-20(23)18(21(24)26-6-2)16-9-7-8-15(12-16)17-13(3)10-11-14(4)19(17)22/h7-12,18H,5-6H2,1-4H3. The summed E-state index contributed by atoms with van der Waals surface area (Å²) >= 11 is 6.51. The molecule has 0 atom stereocenters. The maximum Gasteiger partial charge on any atom is 0.324 e. The van der Waals surface area contributed by atoms with Crippen LogP contribution in [0.3, 0.4) is 0 Å². The van der Waals surface area contributed by atoms with E-state index < -0.39 is 17.9 Å². The Morgan fingerprint density at radius 1 is 0.962 bits per heavy atom. The van der Waals surface area contributed by atoms with Gasteiger partial charge in [0.2, 0.25) is 0 Å². The molecule has 5 heteroatoms. The number of halogens is 1. The number of hydrogen-bond donors (Lipinski definition) is 0. The van der Waals surface area contributed by atoms with Gasteiger partial charge in [0.05, 0.1) is 18.2 Å². The van der Waals surface area contributed by atoms with E-state index in [2.05, 4.69) is 0 Å². The highest BCUT2D eigenvalue weighted by Crippen LogP contribution is 2.35. The summed E-state index contributed by atoms with van der Waals surface area (Å²) in [7, 11) is 0. The van der Waals surface area contributed by atoms with Gasteiger partial charge in [0.15, 0.2) is 5.92 Å². The molecule has 0 amide bonds. The van der Waals surface area contributed by atoms with Gasteiger partial charge in [-0.1, -0.05) is 41.9 Å². The Morgan fingerprint density at radius 3 is 2.12 bits per heavy atom. The number of hydrogen-bond acceptors (Lipinski definition) is 4. The Balaban J connectivity index is 2.54. The number of esters is 2. The summed E-state index contributed by atoms with van der Waals surface area (Å²) in [6.45, 7) is 7.70. The summed E-state index contributed by atoms with van der Waals surface area (Å²) in [5, 5.41) is 0.658. The molecule has 0 heterocycles. The van der Waals surface area contributed by atoms with Crippen molar-refractivity contribution in [1.29, 1.82) is 0 Å². The summed E-state index contributed by atoms with van der Waals surface area (Å²) < 4.78 is 10.1. The van der Waals surface area contributed by atoms with Gasteiger partial charge in [0, 0.05) is 5.56 Å². The van der Waals surface area contributed by atoms with Crippen molar-refractivity contribution in [3.05, 3.63) is 58.1 Å². The summed E-state index contributed by atoms with van der Waals surface area (Å²) in [6.07, 6.45) is 0. The molecule has 2 aromatic rings. The zero-order chi connectivity index (χ0) is 19.3. The van der Waals surface area contributed by atoms with Crippen LogP contribution in [0.15, 0.2) is 36.4 Å². The van der Waals surface area contributed by atoms with Gasteiger partial charge in [-0.05, 0) is 56.0 Å². The monoisotopic (exact) mass is 374 g/mol. The van der Waals surface area contributed by atoms with E-state index >= 15 is 0 Å². The van der Waals surface area contributed by atoms with Crippen molar-refractivity contribution in [3.8, 4) is 11.1 Å². The van der Waals surface area contributed by atoms with Crippen LogP contribution in [0.1, 0.15) is 36.5 Å². The van der Waals surface area contributed by atoms with Crippen LogP contribution in [0.25, 0.3) is 11.1 Å². The Hall–Kier alpha value is -2.33. The zero-order valence-corrected chi connectivity index (χ0v) is 16.2. The molecule has 0 bridgehead atoms. The molecule has 0 N–H and O–H groups in total. The first-order valence-corrected chi connectivity index (χ1v) is 8.97. The average Bonchev–Trinajstić information content (AvgIpc) is 2.60. The van der Waals surface area contributed by atoms with Crippen LogP contribution in [0.5, 0.6) is 0 Å². The molecule has 2 rings (SSSR count). The normalized spacial score (nSPS) is 10.7. The second-order valence-corrected chi connectivity index (χ2v) is 6.33. The van der Waals surface area contributed by atoms with Crippen LogP contribution < -0.4 is 0 Å². The van der Waals surface area contributed by atoms with E-state index in [0.717, 1.165) is 22.3 Å². The van der Waals surface area contributed by atoms with Gasteiger partial charge in [-0.15, -0.1) is 0 Å². The largest absolute Gasteiger partial charge is 0.465 e. The Bertz CT molecular complexity index is 796. The number of benzene rings is 2. The van der Waals surface area contributed by atoms with Crippen molar-refractivity contribution in [2.45, 2.75) is 33.6 Å². The van der Waals surface area contributed by atoms with Gasteiger partial charge in [-0.25, -0.2) is 0 Å². The lowest BCUT2D eigenvalue weighted by atomic mass is 9.92. The quantitative estimate of drug-likeness (QED) is 0.536. The minimum absolute atomic E-state index is 0.192. The highest BCUT2D eigenvalue weighted by atomic mass is 35.5. The van der Waals surface area contributed by atoms with Gasteiger partial charge < -0.3 is 9.47 Å². The lowest BCUT2D eigenvalue weighted by Crippen LogP contribution is -2.26. The summed E-state index contributed by atoms with van der Waals surface area (Å²) in [4.78, 5) is 24.7. The third-order valence-electron chi connectivity index (χ3n) is 4.10. The highest BCUT2D eigenvalue weighted by molar-refractivity contribution is 6.34. The van der Waals surface area contributed by atoms with Crippen molar-refractivity contribution in [2.24, 2.45) is 0 Å². The molecule has 0 radical (unpaired) electrons. The second kappa shape index (κ2) is 8.86. The first kappa shape index (κ1) is 20.0. The SMILES string of the molecule is CCOC(=O)C(C(=O)OCC)c1cccc(-c2c(C)ccc(C)c2Cl)c1. The zero-order valence-electron chi connectivity index (χ0n) is 15.5. The second-order valence-electron chi connectivity index (χ2n) is 5.95. The predicted octanol–water partition coefficient (Wildman–Crippen LogP) is 4.83. The lowest BCUT2D eigenvalue weighted by molar-refractivity contribution is -0.156. The highest BCUT2D eigenvalue weighted by Gasteiger charge is 2.31. The molecule has 0 aliphatic heterocycles. The van der Waals surface area contributed by atoms with E-state index in [1.54, 1.807) is 32.0 Å². The molecular weight excluding hydrogens is 352 g/mol. The van der Waals surface area contributed by atoms with Gasteiger partial charge in [0.1, 0.15) is 0 Å². The van der Waals surface area contributed by atoms with Crippen molar-refractivity contribution in [2.75, 3.05) is 13.2 Å². The Labute approximate surface area is 159 Å². The van der Waals surface area contributed by atoms with Crippen LogP contribution in [0.4, 0.5) is 0 Å². The molecule has 0 spiro atoms. The minimum Gasteiger partial charge on any atom is -0.465 e. The van der Waals surface area contributed by atoms with Crippen LogP contribution in [0.2, 0.25) is 5.02 Å².